The van der Waals surface area contributed by atoms with Crippen molar-refractivity contribution in [1.82, 2.24) is 0 Å². The summed E-state index contributed by atoms with van der Waals surface area (Å²) in [6, 6.07) is 4.31. The molecule has 1 heteroatoms. The van der Waals surface area contributed by atoms with Gasteiger partial charge in [-0.25, -0.2) is 0 Å². The molecule has 2 rings (SSSR count). The van der Waals surface area contributed by atoms with Crippen LogP contribution in [0.1, 0.15) is 61.6 Å². The molecule has 1 aliphatic carbocycles. The summed E-state index contributed by atoms with van der Waals surface area (Å²) in [5.74, 6) is 0.580. The molecule has 0 amide bonds. The normalized spacial score (nSPS) is 18.2. The van der Waals surface area contributed by atoms with Crippen LogP contribution < -0.4 is 0 Å². The summed E-state index contributed by atoms with van der Waals surface area (Å²) in [6.45, 7) is 2.14. The van der Waals surface area contributed by atoms with E-state index in [-0.39, 0.29) is 0 Å². The molecule has 1 aromatic carbocycles. The SMILES string of the molecule is Cc1cc2c(O)c(c1)CCCCCCCCC2. The number of hydrogen-bond donors (Lipinski definition) is 1. The van der Waals surface area contributed by atoms with E-state index in [4.69, 9.17) is 0 Å². The van der Waals surface area contributed by atoms with Gasteiger partial charge in [-0.15, -0.1) is 0 Å². The minimum atomic E-state index is 0.580. The lowest BCUT2D eigenvalue weighted by Crippen LogP contribution is -1.96. The minimum absolute atomic E-state index is 0.580. The molecule has 0 aromatic heterocycles. The molecule has 1 N–H and O–H groups in total. The smallest absolute Gasteiger partial charge is 0.121 e. The van der Waals surface area contributed by atoms with E-state index in [0.29, 0.717) is 5.75 Å². The number of fused-ring (bicyclic) bond motifs is 2. The van der Waals surface area contributed by atoms with E-state index in [1.54, 1.807) is 0 Å². The average Bonchev–Trinajstić information content (AvgIpc) is 2.31. The average molecular weight is 232 g/mol. The van der Waals surface area contributed by atoms with Crippen molar-refractivity contribution in [2.24, 2.45) is 0 Å². The Kier molecular flexibility index (Phi) is 4.47. The number of aromatic hydroxyl groups is 1. The van der Waals surface area contributed by atoms with Crippen molar-refractivity contribution in [3.05, 3.63) is 28.8 Å². The summed E-state index contributed by atoms with van der Waals surface area (Å²) < 4.78 is 0. The van der Waals surface area contributed by atoms with Crippen molar-refractivity contribution < 1.29 is 5.11 Å². The third-order valence-corrected chi connectivity index (χ3v) is 3.80. The molecule has 17 heavy (non-hydrogen) atoms. The van der Waals surface area contributed by atoms with Crippen LogP contribution in [0.3, 0.4) is 0 Å². The van der Waals surface area contributed by atoms with Gasteiger partial charge in [0.2, 0.25) is 0 Å². The third kappa shape index (κ3) is 3.49. The van der Waals surface area contributed by atoms with Crippen molar-refractivity contribution >= 4 is 0 Å². The zero-order chi connectivity index (χ0) is 12.1. The molecule has 0 atom stereocenters. The van der Waals surface area contributed by atoms with Crippen molar-refractivity contribution in [3.8, 4) is 5.75 Å². The Morgan fingerprint density at radius 2 is 1.18 bits per heavy atom. The summed E-state index contributed by atoms with van der Waals surface area (Å²) in [4.78, 5) is 0. The summed E-state index contributed by atoms with van der Waals surface area (Å²) in [5.41, 5.74) is 3.63. The Labute approximate surface area is 105 Å². The number of rotatable bonds is 0. The standard InChI is InChI=1S/C16H24O/c1-13-11-14-9-7-5-3-2-4-6-8-10-15(12-13)16(14)17/h11-12,17H,2-10H2,1H3. The van der Waals surface area contributed by atoms with Crippen LogP contribution in [0, 0.1) is 6.92 Å². The van der Waals surface area contributed by atoms with E-state index >= 15 is 0 Å². The largest absolute Gasteiger partial charge is 0.507 e. The molecule has 0 heterocycles. The second-order valence-corrected chi connectivity index (χ2v) is 5.41. The van der Waals surface area contributed by atoms with Crippen molar-refractivity contribution in [2.45, 2.75) is 64.7 Å². The van der Waals surface area contributed by atoms with Gasteiger partial charge in [0.05, 0.1) is 0 Å². The minimum Gasteiger partial charge on any atom is -0.507 e. The quantitative estimate of drug-likeness (QED) is 0.696. The van der Waals surface area contributed by atoms with Gasteiger partial charge in [0.15, 0.2) is 0 Å². The molecule has 1 aromatic rings. The van der Waals surface area contributed by atoms with E-state index in [1.807, 2.05) is 0 Å². The Morgan fingerprint density at radius 1 is 0.765 bits per heavy atom. The number of aryl methyl sites for hydroxylation is 3. The first kappa shape index (κ1) is 12.5. The Bertz CT molecular complexity index is 337. The molecule has 0 saturated heterocycles. The zero-order valence-electron chi connectivity index (χ0n) is 11.0. The molecule has 0 radical (unpaired) electrons. The van der Waals surface area contributed by atoms with Crippen molar-refractivity contribution in [2.75, 3.05) is 0 Å². The van der Waals surface area contributed by atoms with Crippen LogP contribution in [0.5, 0.6) is 5.75 Å². The molecular formula is C16H24O. The fraction of sp³-hybridized carbons (Fsp3) is 0.625. The van der Waals surface area contributed by atoms with Gasteiger partial charge in [-0.05, 0) is 43.7 Å². The molecule has 0 unspecified atom stereocenters. The van der Waals surface area contributed by atoms with Gasteiger partial charge in [0, 0.05) is 0 Å². The maximum absolute atomic E-state index is 10.3. The fourth-order valence-corrected chi connectivity index (χ4v) is 2.83. The Morgan fingerprint density at radius 3 is 1.65 bits per heavy atom. The second-order valence-electron chi connectivity index (χ2n) is 5.41. The Balaban J connectivity index is 2.20. The third-order valence-electron chi connectivity index (χ3n) is 3.80. The lowest BCUT2D eigenvalue weighted by atomic mass is 9.95. The highest BCUT2D eigenvalue weighted by Gasteiger charge is 2.09. The van der Waals surface area contributed by atoms with Crippen LogP contribution in [0.15, 0.2) is 12.1 Å². The molecule has 0 fully saturated rings. The number of phenolic OH excluding ortho intramolecular Hbond substituents is 1. The molecule has 94 valence electrons. The van der Waals surface area contributed by atoms with E-state index in [2.05, 4.69) is 19.1 Å². The summed E-state index contributed by atoms with van der Waals surface area (Å²) in [5, 5.41) is 10.3. The first-order chi connectivity index (χ1) is 8.27. The molecule has 0 aliphatic heterocycles. The highest BCUT2D eigenvalue weighted by Crippen LogP contribution is 2.28. The van der Waals surface area contributed by atoms with E-state index in [9.17, 15) is 5.11 Å². The molecule has 2 bridgehead atoms. The van der Waals surface area contributed by atoms with Gasteiger partial charge in [-0.3, -0.25) is 0 Å². The second kappa shape index (κ2) is 6.09. The van der Waals surface area contributed by atoms with Gasteiger partial charge in [0.1, 0.15) is 5.75 Å². The van der Waals surface area contributed by atoms with Gasteiger partial charge in [0.25, 0.3) is 0 Å². The van der Waals surface area contributed by atoms with Crippen molar-refractivity contribution in [3.63, 3.8) is 0 Å². The highest BCUT2D eigenvalue weighted by molar-refractivity contribution is 5.43. The van der Waals surface area contributed by atoms with Gasteiger partial charge in [-0.1, -0.05) is 49.8 Å². The number of phenols is 1. The highest BCUT2D eigenvalue weighted by atomic mass is 16.3. The van der Waals surface area contributed by atoms with Crippen LogP contribution in [0.2, 0.25) is 0 Å². The van der Waals surface area contributed by atoms with Crippen LogP contribution >= 0.6 is 0 Å². The molecular weight excluding hydrogens is 208 g/mol. The summed E-state index contributed by atoms with van der Waals surface area (Å²) in [6.07, 6.45) is 11.2. The predicted octanol–water partition coefficient (Wildman–Crippen LogP) is 4.53. The number of benzene rings is 1. The fourth-order valence-electron chi connectivity index (χ4n) is 2.83. The van der Waals surface area contributed by atoms with Crippen LogP contribution in [0.25, 0.3) is 0 Å². The zero-order valence-corrected chi connectivity index (χ0v) is 11.0. The first-order valence-electron chi connectivity index (χ1n) is 7.09. The molecule has 0 saturated carbocycles. The molecule has 1 aliphatic rings. The van der Waals surface area contributed by atoms with Crippen LogP contribution in [-0.4, -0.2) is 5.11 Å². The monoisotopic (exact) mass is 232 g/mol. The molecule has 0 spiro atoms. The van der Waals surface area contributed by atoms with Gasteiger partial charge >= 0.3 is 0 Å². The first-order valence-corrected chi connectivity index (χ1v) is 7.09. The molecule has 1 nitrogen and oxygen atoms in total. The van der Waals surface area contributed by atoms with Crippen LogP contribution in [0.4, 0.5) is 0 Å². The lowest BCUT2D eigenvalue weighted by molar-refractivity contribution is 0.454. The summed E-state index contributed by atoms with van der Waals surface area (Å²) >= 11 is 0. The maximum Gasteiger partial charge on any atom is 0.121 e. The summed E-state index contributed by atoms with van der Waals surface area (Å²) in [7, 11) is 0. The van der Waals surface area contributed by atoms with E-state index in [0.717, 1.165) is 12.8 Å². The predicted molar refractivity (Wildman–Crippen MR) is 72.6 cm³/mol. The van der Waals surface area contributed by atoms with Gasteiger partial charge < -0.3 is 5.11 Å². The van der Waals surface area contributed by atoms with E-state index < -0.39 is 0 Å². The van der Waals surface area contributed by atoms with Crippen molar-refractivity contribution in [1.29, 1.82) is 0 Å². The topological polar surface area (TPSA) is 20.2 Å². The number of hydrogen-bond acceptors (Lipinski definition) is 1. The lowest BCUT2D eigenvalue weighted by Gasteiger charge is -2.13. The van der Waals surface area contributed by atoms with E-state index in [1.165, 1.54) is 61.6 Å². The maximum atomic E-state index is 10.3. The Hall–Kier alpha value is -0.980. The van der Waals surface area contributed by atoms with Gasteiger partial charge in [-0.2, -0.15) is 0 Å². The van der Waals surface area contributed by atoms with Crippen LogP contribution in [-0.2, 0) is 12.8 Å².